The second-order valence-electron chi connectivity index (χ2n) is 7.33. The molecule has 1 aromatic carbocycles. The molecule has 2 unspecified atom stereocenters. The lowest BCUT2D eigenvalue weighted by Gasteiger charge is -2.36. The van der Waals surface area contributed by atoms with Gasteiger partial charge in [-0.25, -0.2) is 17.5 Å². The summed E-state index contributed by atoms with van der Waals surface area (Å²) >= 11 is 1.51. The Morgan fingerprint density at radius 2 is 1.90 bits per heavy atom. The van der Waals surface area contributed by atoms with Gasteiger partial charge in [0.2, 0.25) is 5.76 Å². The molecule has 3 rings (SSSR count). The zero-order valence-corrected chi connectivity index (χ0v) is 17.8. The van der Waals surface area contributed by atoms with E-state index >= 15 is 0 Å². The number of hydrogen-bond acceptors (Lipinski definition) is 7. The summed E-state index contributed by atoms with van der Waals surface area (Å²) in [5, 5.41) is 10.3. The largest absolute Gasteiger partial charge is 0.483 e. The highest BCUT2D eigenvalue weighted by Gasteiger charge is 2.31. The third-order valence-corrected chi connectivity index (χ3v) is 6.02. The van der Waals surface area contributed by atoms with Crippen molar-refractivity contribution in [2.75, 3.05) is 37.4 Å². The maximum Gasteiger partial charge on any atom is 0.293 e. The van der Waals surface area contributed by atoms with Crippen LogP contribution in [0, 0.1) is 17.0 Å². The first-order valence-corrected chi connectivity index (χ1v) is 11.0. The van der Waals surface area contributed by atoms with Crippen LogP contribution in [-0.4, -0.2) is 65.7 Å². The number of hydrogen-bond donors (Lipinski definition) is 3. The fourth-order valence-electron chi connectivity index (χ4n) is 3.67. The van der Waals surface area contributed by atoms with Crippen molar-refractivity contribution >= 4 is 29.8 Å². The van der Waals surface area contributed by atoms with Crippen molar-refractivity contribution in [3.63, 3.8) is 0 Å². The summed E-state index contributed by atoms with van der Waals surface area (Å²) in [7, 11) is 0. The van der Waals surface area contributed by atoms with E-state index in [2.05, 4.69) is 9.62 Å². The number of carbonyl (C=O) groups is 1. The summed E-state index contributed by atoms with van der Waals surface area (Å²) in [6.07, 6.45) is 0.435. The number of halogens is 3. The van der Waals surface area contributed by atoms with Gasteiger partial charge in [-0.2, -0.15) is 0 Å². The molecule has 1 saturated heterocycles. The third kappa shape index (κ3) is 6.37. The average Bonchev–Trinajstić information content (AvgIpc) is 3.13. The maximum atomic E-state index is 13.7. The van der Waals surface area contributed by atoms with Gasteiger partial charge in [0.15, 0.2) is 0 Å². The molecule has 0 bridgehead atoms. The van der Waals surface area contributed by atoms with Gasteiger partial charge >= 0.3 is 0 Å². The molecule has 7 nitrogen and oxygen atoms in total. The molecular formula is C20H26F3N5O2S. The lowest BCUT2D eigenvalue weighted by Crippen LogP contribution is -2.44. The number of anilines is 1. The van der Waals surface area contributed by atoms with E-state index in [0.717, 1.165) is 18.3 Å². The number of amides is 1. The minimum atomic E-state index is -1.01. The summed E-state index contributed by atoms with van der Waals surface area (Å²) in [6, 6.07) is 2.67. The van der Waals surface area contributed by atoms with Crippen molar-refractivity contribution in [3.8, 4) is 0 Å². The number of alkyl halides is 1. The number of allylic oxidation sites excluding steroid dienone is 1. The minimum absolute atomic E-state index is 0.0770. The zero-order valence-electron chi connectivity index (χ0n) is 17.0. The minimum Gasteiger partial charge on any atom is -0.483 e. The Bertz CT molecular complexity index is 813. The van der Waals surface area contributed by atoms with Crippen LogP contribution in [-0.2, 0) is 9.53 Å². The van der Waals surface area contributed by atoms with Gasteiger partial charge in [0.1, 0.15) is 29.6 Å². The summed E-state index contributed by atoms with van der Waals surface area (Å²) in [5.74, 6) is -2.11. The number of rotatable bonds is 8. The van der Waals surface area contributed by atoms with Crippen LogP contribution in [0.2, 0.25) is 0 Å². The number of piperazine rings is 1. The molecule has 2 fully saturated rings. The molecule has 11 heteroatoms. The van der Waals surface area contributed by atoms with Crippen LogP contribution in [0.4, 0.5) is 18.9 Å². The number of benzene rings is 1. The average molecular weight is 458 g/mol. The summed E-state index contributed by atoms with van der Waals surface area (Å²) < 4.78 is 48.7. The molecule has 0 radical (unpaired) electrons. The van der Waals surface area contributed by atoms with Gasteiger partial charge in [-0.3, -0.25) is 4.79 Å². The SMILES string of the molecule is N=C/C(=C(/OC1CCC(F)C1)C(=O)Nc1cc(F)cc(F)c1)N1CCN(SCN)CC1. The third-order valence-electron chi connectivity index (χ3n) is 5.14. The quantitative estimate of drug-likeness (QED) is 0.183. The lowest BCUT2D eigenvalue weighted by atomic mass is 10.2. The van der Waals surface area contributed by atoms with E-state index in [9.17, 15) is 18.0 Å². The molecule has 1 aromatic rings. The van der Waals surface area contributed by atoms with Crippen LogP contribution in [0.25, 0.3) is 0 Å². The van der Waals surface area contributed by atoms with E-state index in [0.29, 0.717) is 51.0 Å². The van der Waals surface area contributed by atoms with Gasteiger partial charge in [-0.05, 0) is 25.0 Å². The predicted molar refractivity (Wildman–Crippen MR) is 114 cm³/mol. The Hall–Kier alpha value is -2.24. The first kappa shape index (κ1) is 23.4. The predicted octanol–water partition coefficient (Wildman–Crippen LogP) is 2.85. The number of carbonyl (C=O) groups excluding carboxylic acids is 1. The molecule has 2 atom stereocenters. The van der Waals surface area contributed by atoms with Crippen LogP contribution in [0.5, 0.6) is 0 Å². The van der Waals surface area contributed by atoms with Crippen LogP contribution < -0.4 is 11.1 Å². The lowest BCUT2D eigenvalue weighted by molar-refractivity contribution is -0.117. The topological polar surface area (TPSA) is 94.7 Å². The molecule has 0 aromatic heterocycles. The van der Waals surface area contributed by atoms with E-state index in [4.69, 9.17) is 15.9 Å². The Balaban J connectivity index is 1.84. The van der Waals surface area contributed by atoms with Crippen LogP contribution in [0.1, 0.15) is 19.3 Å². The van der Waals surface area contributed by atoms with E-state index in [-0.39, 0.29) is 23.6 Å². The van der Waals surface area contributed by atoms with E-state index in [1.165, 1.54) is 11.9 Å². The van der Waals surface area contributed by atoms with Crippen molar-refractivity contribution in [1.82, 2.24) is 9.21 Å². The molecule has 31 heavy (non-hydrogen) atoms. The highest BCUT2D eigenvalue weighted by atomic mass is 32.2. The molecular weight excluding hydrogens is 431 g/mol. The highest BCUT2D eigenvalue weighted by Crippen LogP contribution is 2.28. The highest BCUT2D eigenvalue weighted by molar-refractivity contribution is 7.96. The summed E-state index contributed by atoms with van der Waals surface area (Å²) in [6.45, 7) is 2.39. The van der Waals surface area contributed by atoms with E-state index < -0.39 is 29.8 Å². The van der Waals surface area contributed by atoms with Gasteiger partial charge in [0, 0.05) is 50.6 Å². The van der Waals surface area contributed by atoms with Gasteiger partial charge < -0.3 is 26.1 Å². The van der Waals surface area contributed by atoms with Gasteiger partial charge in [0.05, 0.1) is 5.88 Å². The zero-order chi connectivity index (χ0) is 22.4. The first-order valence-electron chi connectivity index (χ1n) is 10.1. The number of nitrogens with one attached hydrogen (secondary N) is 2. The maximum absolute atomic E-state index is 13.7. The monoisotopic (exact) mass is 457 g/mol. The van der Waals surface area contributed by atoms with Crippen molar-refractivity contribution in [1.29, 1.82) is 5.41 Å². The second kappa shape index (κ2) is 10.9. The Labute approximate surface area is 183 Å². The normalized spacial score (nSPS) is 22.8. The fraction of sp³-hybridized carbons (Fsp3) is 0.500. The van der Waals surface area contributed by atoms with Gasteiger partial charge in [-0.15, -0.1) is 0 Å². The summed E-state index contributed by atoms with van der Waals surface area (Å²) in [4.78, 5) is 14.9. The van der Waals surface area contributed by atoms with Crippen molar-refractivity contribution < 1.29 is 22.7 Å². The van der Waals surface area contributed by atoms with Crippen LogP contribution in [0.3, 0.4) is 0 Å². The molecule has 0 spiro atoms. The molecule has 1 amide bonds. The first-order chi connectivity index (χ1) is 14.9. The Kier molecular flexibility index (Phi) is 8.22. The Morgan fingerprint density at radius 1 is 1.23 bits per heavy atom. The van der Waals surface area contributed by atoms with Crippen LogP contribution in [0.15, 0.2) is 29.7 Å². The second-order valence-corrected chi connectivity index (χ2v) is 8.44. The fourth-order valence-corrected chi connectivity index (χ4v) is 4.30. The molecule has 1 saturated carbocycles. The number of ether oxygens (including phenoxy) is 1. The summed E-state index contributed by atoms with van der Waals surface area (Å²) in [5.41, 5.74) is 5.74. The van der Waals surface area contributed by atoms with Crippen molar-refractivity contribution in [2.45, 2.75) is 31.5 Å². The smallest absolute Gasteiger partial charge is 0.293 e. The standard InChI is InChI=1S/C20H26F3N5O2S/c21-13-1-2-17(10-13)30-19(20(29)26-16-8-14(22)7-15(23)9-16)18(11-24)27-3-5-28(6-4-27)31-12-25/h7-9,11,13,17,24H,1-6,10,12,25H2,(H,26,29)/b19-18-,24-11?. The Morgan fingerprint density at radius 3 is 2.45 bits per heavy atom. The number of nitrogens with two attached hydrogens (primary N) is 1. The molecule has 2 aliphatic rings. The molecule has 1 aliphatic heterocycles. The molecule has 1 aliphatic carbocycles. The van der Waals surface area contributed by atoms with Gasteiger partial charge in [0.25, 0.3) is 5.91 Å². The van der Waals surface area contributed by atoms with Crippen molar-refractivity contribution in [3.05, 3.63) is 41.3 Å². The van der Waals surface area contributed by atoms with Crippen molar-refractivity contribution in [2.24, 2.45) is 5.73 Å². The molecule has 170 valence electrons. The van der Waals surface area contributed by atoms with Crippen LogP contribution >= 0.6 is 11.9 Å². The molecule has 4 N–H and O–H groups in total. The van der Waals surface area contributed by atoms with E-state index in [1.54, 1.807) is 0 Å². The number of nitrogens with zero attached hydrogens (tertiary/aromatic N) is 2. The van der Waals surface area contributed by atoms with Gasteiger partial charge in [-0.1, -0.05) is 11.9 Å². The molecule has 1 heterocycles. The van der Waals surface area contributed by atoms with E-state index in [1.807, 2.05) is 4.90 Å².